The van der Waals surface area contributed by atoms with Gasteiger partial charge in [0.05, 0.1) is 12.1 Å². The lowest BCUT2D eigenvalue weighted by Crippen LogP contribution is -2.49. The van der Waals surface area contributed by atoms with Gasteiger partial charge in [0.15, 0.2) is 0 Å². The summed E-state index contributed by atoms with van der Waals surface area (Å²) in [4.78, 5) is 29.4. The van der Waals surface area contributed by atoms with Gasteiger partial charge in [-0.05, 0) is 32.6 Å². The molecule has 0 unspecified atom stereocenters. The number of amides is 2. The van der Waals surface area contributed by atoms with E-state index >= 15 is 0 Å². The van der Waals surface area contributed by atoms with Crippen LogP contribution in [0.15, 0.2) is 12.4 Å². The Morgan fingerprint density at radius 3 is 2.62 bits per heavy atom. The van der Waals surface area contributed by atoms with Crippen molar-refractivity contribution in [2.24, 2.45) is 23.0 Å². The van der Waals surface area contributed by atoms with Gasteiger partial charge in [-0.1, -0.05) is 0 Å². The van der Waals surface area contributed by atoms with Crippen molar-refractivity contribution < 1.29 is 14.3 Å². The molecule has 1 aromatic rings. The third kappa shape index (κ3) is 4.19. The Kier molecular flexibility index (Phi) is 5.92. The van der Waals surface area contributed by atoms with Crippen LogP contribution in [0, 0.1) is 17.3 Å². The summed E-state index contributed by atoms with van der Waals surface area (Å²) in [6.07, 6.45) is 7.27. The number of nitrogens with two attached hydrogens (primary N) is 1. The highest BCUT2D eigenvalue weighted by atomic mass is 16.5. The molecule has 29 heavy (non-hydrogen) atoms. The van der Waals surface area contributed by atoms with Gasteiger partial charge in [0.2, 0.25) is 11.8 Å². The molecule has 1 aromatic heterocycles. The number of carbonyl (C=O) groups excluding carboxylic acids is 2. The lowest BCUT2D eigenvalue weighted by Gasteiger charge is -2.40. The highest BCUT2D eigenvalue weighted by Gasteiger charge is 2.51. The molecule has 1 spiro atoms. The average Bonchev–Trinajstić information content (AvgIpc) is 3.33. The first kappa shape index (κ1) is 20.3. The van der Waals surface area contributed by atoms with Crippen molar-refractivity contribution in [3.63, 3.8) is 0 Å². The van der Waals surface area contributed by atoms with Crippen molar-refractivity contribution in [2.75, 3.05) is 39.4 Å². The molecule has 3 saturated heterocycles. The molecule has 3 aliphatic heterocycles. The number of primary amides is 1. The Morgan fingerprint density at radius 2 is 2.00 bits per heavy atom. The van der Waals surface area contributed by atoms with Crippen LogP contribution >= 0.6 is 0 Å². The van der Waals surface area contributed by atoms with Crippen LogP contribution < -0.4 is 5.73 Å². The Hall–Kier alpha value is -1.93. The molecule has 8 nitrogen and oxygen atoms in total. The van der Waals surface area contributed by atoms with E-state index in [9.17, 15) is 9.59 Å². The van der Waals surface area contributed by atoms with Gasteiger partial charge in [-0.2, -0.15) is 5.10 Å². The highest BCUT2D eigenvalue weighted by Crippen LogP contribution is 2.45. The van der Waals surface area contributed by atoms with Crippen LogP contribution in [0.25, 0.3) is 0 Å². The van der Waals surface area contributed by atoms with Crippen molar-refractivity contribution in [2.45, 2.75) is 45.7 Å². The number of piperidine rings is 1. The third-order valence-electron chi connectivity index (χ3n) is 7.13. The topological polar surface area (TPSA) is 93.7 Å². The quantitative estimate of drug-likeness (QED) is 0.787. The molecule has 3 fully saturated rings. The zero-order chi connectivity index (χ0) is 20.4. The normalized spacial score (nSPS) is 25.6. The molecule has 0 aliphatic carbocycles. The summed E-state index contributed by atoms with van der Waals surface area (Å²) < 4.78 is 7.58. The van der Waals surface area contributed by atoms with Crippen LogP contribution in [0.3, 0.4) is 0 Å². The summed E-state index contributed by atoms with van der Waals surface area (Å²) in [6.45, 7) is 8.23. The number of aromatic nitrogens is 2. The summed E-state index contributed by atoms with van der Waals surface area (Å²) in [6, 6.07) is 0. The Labute approximate surface area is 172 Å². The van der Waals surface area contributed by atoms with Crippen LogP contribution in [0.1, 0.15) is 38.2 Å². The van der Waals surface area contributed by atoms with E-state index in [0.717, 1.165) is 52.2 Å². The Bertz CT molecular complexity index is 734. The highest BCUT2D eigenvalue weighted by molar-refractivity contribution is 5.81. The first-order valence-corrected chi connectivity index (χ1v) is 10.9. The van der Waals surface area contributed by atoms with Gasteiger partial charge < -0.3 is 15.4 Å². The SMILES string of the molecule is CCn1cc(CN2C[C@@H](C(=O)N3CCC(C(N)=O)CC3)C3(CCOCC3)C2)cn1. The molecular weight excluding hydrogens is 370 g/mol. The molecule has 8 heteroatoms. The smallest absolute Gasteiger partial charge is 0.227 e. The molecule has 160 valence electrons. The fourth-order valence-electron chi connectivity index (χ4n) is 5.34. The average molecular weight is 404 g/mol. The number of hydrogen-bond donors (Lipinski definition) is 1. The van der Waals surface area contributed by atoms with Crippen molar-refractivity contribution in [1.82, 2.24) is 19.6 Å². The van der Waals surface area contributed by atoms with Crippen LogP contribution in [-0.4, -0.2) is 70.8 Å². The van der Waals surface area contributed by atoms with E-state index in [2.05, 4.69) is 23.1 Å². The maximum atomic E-state index is 13.5. The fourth-order valence-corrected chi connectivity index (χ4v) is 5.34. The third-order valence-corrected chi connectivity index (χ3v) is 7.13. The van der Waals surface area contributed by atoms with Crippen molar-refractivity contribution in [3.05, 3.63) is 18.0 Å². The standard InChI is InChI=1S/C21H33N5O3/c1-2-26-13-16(11-23-26)12-24-14-18(21(15-24)5-9-29-10-6-21)20(28)25-7-3-17(4-8-25)19(22)27/h11,13,17-18H,2-10,12,14-15H2,1H3,(H2,22,27)/t18-/m0/s1. The van der Waals surface area contributed by atoms with E-state index in [-0.39, 0.29) is 29.1 Å². The molecule has 4 heterocycles. The van der Waals surface area contributed by atoms with Crippen molar-refractivity contribution in [1.29, 1.82) is 0 Å². The van der Waals surface area contributed by atoms with E-state index in [1.54, 1.807) is 0 Å². The summed E-state index contributed by atoms with van der Waals surface area (Å²) in [5.74, 6) is -0.0803. The van der Waals surface area contributed by atoms with E-state index in [1.807, 2.05) is 15.8 Å². The molecule has 0 radical (unpaired) electrons. The zero-order valence-corrected chi connectivity index (χ0v) is 17.4. The number of ether oxygens (including phenoxy) is 1. The molecule has 4 rings (SSSR count). The van der Waals surface area contributed by atoms with Crippen LogP contribution in [0.4, 0.5) is 0 Å². The van der Waals surface area contributed by atoms with E-state index in [4.69, 9.17) is 10.5 Å². The van der Waals surface area contributed by atoms with Gasteiger partial charge in [-0.15, -0.1) is 0 Å². The zero-order valence-electron chi connectivity index (χ0n) is 17.4. The van der Waals surface area contributed by atoms with Crippen LogP contribution in [0.2, 0.25) is 0 Å². The van der Waals surface area contributed by atoms with Crippen LogP contribution in [0.5, 0.6) is 0 Å². The van der Waals surface area contributed by atoms with E-state index < -0.39 is 0 Å². The second-order valence-corrected chi connectivity index (χ2v) is 8.90. The Balaban J connectivity index is 1.46. The number of aryl methyl sites for hydroxylation is 1. The van der Waals surface area contributed by atoms with E-state index in [0.29, 0.717) is 25.9 Å². The van der Waals surface area contributed by atoms with Gasteiger partial charge >= 0.3 is 0 Å². The van der Waals surface area contributed by atoms with Gasteiger partial charge in [0.25, 0.3) is 0 Å². The maximum absolute atomic E-state index is 13.5. The minimum absolute atomic E-state index is 0.00209. The number of carbonyl (C=O) groups is 2. The second kappa shape index (κ2) is 8.44. The summed E-state index contributed by atoms with van der Waals surface area (Å²) >= 11 is 0. The maximum Gasteiger partial charge on any atom is 0.227 e. The lowest BCUT2D eigenvalue weighted by atomic mass is 9.71. The number of likely N-dealkylation sites (tertiary alicyclic amines) is 2. The second-order valence-electron chi connectivity index (χ2n) is 8.90. The molecule has 2 amide bonds. The first-order chi connectivity index (χ1) is 14.0. The lowest BCUT2D eigenvalue weighted by molar-refractivity contribution is -0.143. The van der Waals surface area contributed by atoms with E-state index in [1.165, 1.54) is 5.56 Å². The van der Waals surface area contributed by atoms with Crippen LogP contribution in [-0.2, 0) is 27.4 Å². The van der Waals surface area contributed by atoms with Gasteiger partial charge in [-0.25, -0.2) is 0 Å². The Morgan fingerprint density at radius 1 is 1.28 bits per heavy atom. The van der Waals surface area contributed by atoms with Crippen molar-refractivity contribution >= 4 is 11.8 Å². The molecule has 2 N–H and O–H groups in total. The number of nitrogens with zero attached hydrogens (tertiary/aromatic N) is 4. The summed E-state index contributed by atoms with van der Waals surface area (Å²) in [7, 11) is 0. The van der Waals surface area contributed by atoms with Crippen molar-refractivity contribution in [3.8, 4) is 0 Å². The molecule has 0 saturated carbocycles. The first-order valence-electron chi connectivity index (χ1n) is 10.9. The minimum atomic E-state index is -0.238. The molecular formula is C21H33N5O3. The predicted octanol–water partition coefficient (Wildman–Crippen LogP) is 0.856. The summed E-state index contributed by atoms with van der Waals surface area (Å²) in [5.41, 5.74) is 6.65. The van der Waals surface area contributed by atoms with Gasteiger partial charge in [-0.3, -0.25) is 19.2 Å². The molecule has 1 atom stereocenters. The molecule has 0 aromatic carbocycles. The number of hydrogen-bond acceptors (Lipinski definition) is 5. The number of rotatable bonds is 5. The van der Waals surface area contributed by atoms with Gasteiger partial charge in [0, 0.05) is 75.6 Å². The predicted molar refractivity (Wildman–Crippen MR) is 108 cm³/mol. The monoisotopic (exact) mass is 403 g/mol. The fraction of sp³-hybridized carbons (Fsp3) is 0.762. The molecule has 3 aliphatic rings. The molecule has 0 bridgehead atoms. The largest absolute Gasteiger partial charge is 0.381 e. The minimum Gasteiger partial charge on any atom is -0.381 e. The summed E-state index contributed by atoms with van der Waals surface area (Å²) in [5, 5.41) is 4.39. The van der Waals surface area contributed by atoms with Gasteiger partial charge in [0.1, 0.15) is 0 Å².